The van der Waals surface area contributed by atoms with Gasteiger partial charge in [0.1, 0.15) is 15.9 Å². The lowest BCUT2D eigenvalue weighted by Crippen LogP contribution is -2.50. The molecule has 0 aliphatic carbocycles. The van der Waals surface area contributed by atoms with Crippen LogP contribution >= 0.6 is 11.7 Å². The molecule has 1 aliphatic heterocycles. The molecule has 1 aromatic heterocycles. The van der Waals surface area contributed by atoms with Gasteiger partial charge in [-0.2, -0.15) is 13.1 Å². The Morgan fingerprint density at radius 3 is 2.48 bits per heavy atom. The van der Waals surface area contributed by atoms with Crippen LogP contribution < -0.4 is 10.6 Å². The molecule has 4 rings (SSSR count). The number of benzene rings is 2. The number of hydrogen-bond donors (Lipinski definition) is 2. The molecule has 2 N–H and O–H groups in total. The number of nitrogens with zero attached hydrogens (tertiary/aromatic N) is 4. The molecule has 174 valence electrons. The van der Waals surface area contributed by atoms with Crippen molar-refractivity contribution in [2.24, 2.45) is 0 Å². The van der Waals surface area contributed by atoms with E-state index in [1.165, 1.54) is 10.4 Å². The normalized spacial score (nSPS) is 15.1. The van der Waals surface area contributed by atoms with E-state index in [2.05, 4.69) is 19.4 Å². The summed E-state index contributed by atoms with van der Waals surface area (Å²) in [7, 11) is -3.76. The molecule has 0 radical (unpaired) electrons. The molecule has 10 nitrogen and oxygen atoms in total. The minimum absolute atomic E-state index is 0.0128. The second-order valence-corrected chi connectivity index (χ2v) is 10.4. The van der Waals surface area contributed by atoms with Gasteiger partial charge in [0.05, 0.1) is 11.7 Å². The first-order valence-electron chi connectivity index (χ1n) is 10.4. The van der Waals surface area contributed by atoms with Crippen molar-refractivity contribution < 1.29 is 18.0 Å². The lowest BCUT2D eigenvalue weighted by molar-refractivity contribution is 0.0698. The summed E-state index contributed by atoms with van der Waals surface area (Å²) in [4.78, 5) is 26.7. The Morgan fingerprint density at radius 1 is 1.03 bits per heavy atom. The fourth-order valence-electron chi connectivity index (χ4n) is 3.60. The third-order valence-electron chi connectivity index (χ3n) is 5.18. The molecule has 0 unspecified atom stereocenters. The zero-order chi connectivity index (χ0) is 23.6. The fourth-order valence-corrected chi connectivity index (χ4v) is 5.78. The Labute approximate surface area is 196 Å². The third kappa shape index (κ3) is 4.97. The van der Waals surface area contributed by atoms with E-state index < -0.39 is 10.0 Å². The van der Waals surface area contributed by atoms with Crippen molar-refractivity contribution in [1.29, 1.82) is 0 Å². The predicted molar refractivity (Wildman–Crippen MR) is 126 cm³/mol. The number of amides is 3. The number of fused-ring (bicyclic) bond motifs is 1. The maximum atomic E-state index is 13.2. The van der Waals surface area contributed by atoms with Gasteiger partial charge >= 0.3 is 6.03 Å². The molecule has 0 bridgehead atoms. The SMILES string of the molecule is CC(C)NC(=O)Nc1cccc(C(=O)N2CCN(S(=O)(=O)c3cccc4nsnc34)CC2)c1. The highest BCUT2D eigenvalue weighted by atomic mass is 32.2. The lowest BCUT2D eigenvalue weighted by Gasteiger charge is -2.34. The van der Waals surface area contributed by atoms with Crippen molar-refractivity contribution in [3.8, 4) is 0 Å². The largest absolute Gasteiger partial charge is 0.336 e. The summed E-state index contributed by atoms with van der Waals surface area (Å²) < 4.78 is 36.0. The molecule has 1 aliphatic rings. The van der Waals surface area contributed by atoms with Gasteiger partial charge in [-0.15, -0.1) is 0 Å². The first-order valence-corrected chi connectivity index (χ1v) is 12.6. The van der Waals surface area contributed by atoms with Crippen molar-refractivity contribution in [3.63, 3.8) is 0 Å². The average Bonchev–Trinajstić information content (AvgIpc) is 3.27. The predicted octanol–water partition coefficient (Wildman–Crippen LogP) is 2.37. The van der Waals surface area contributed by atoms with Crippen LogP contribution in [0.1, 0.15) is 24.2 Å². The van der Waals surface area contributed by atoms with Gasteiger partial charge in [0.25, 0.3) is 5.91 Å². The average molecular weight is 489 g/mol. The number of hydrogen-bond acceptors (Lipinski definition) is 7. The van der Waals surface area contributed by atoms with Crippen molar-refractivity contribution in [1.82, 2.24) is 23.3 Å². The smallest absolute Gasteiger partial charge is 0.319 e. The Balaban J connectivity index is 1.43. The Kier molecular flexibility index (Phi) is 6.58. The molecule has 3 amide bonds. The molecule has 0 spiro atoms. The third-order valence-corrected chi connectivity index (χ3v) is 7.65. The van der Waals surface area contributed by atoms with E-state index in [1.54, 1.807) is 41.3 Å². The van der Waals surface area contributed by atoms with Crippen molar-refractivity contribution >= 4 is 50.4 Å². The number of sulfonamides is 1. The van der Waals surface area contributed by atoms with Crippen molar-refractivity contribution in [3.05, 3.63) is 48.0 Å². The van der Waals surface area contributed by atoms with Gasteiger partial charge in [0.15, 0.2) is 0 Å². The maximum absolute atomic E-state index is 13.2. The van der Waals surface area contributed by atoms with E-state index >= 15 is 0 Å². The Morgan fingerprint density at radius 2 is 1.76 bits per heavy atom. The standard InChI is InChI=1S/C21H24N6O4S2/c1-14(2)22-21(29)23-16-6-3-5-15(13-16)20(28)26-9-11-27(12-10-26)33(30,31)18-8-4-7-17-19(18)25-32-24-17/h3-8,13-14H,9-12H2,1-2H3,(H2,22,23,29). The van der Waals surface area contributed by atoms with E-state index in [4.69, 9.17) is 0 Å². The number of urea groups is 1. The zero-order valence-corrected chi connectivity index (χ0v) is 19.8. The highest BCUT2D eigenvalue weighted by molar-refractivity contribution is 7.89. The lowest BCUT2D eigenvalue weighted by atomic mass is 10.1. The molecule has 2 heterocycles. The van der Waals surface area contributed by atoms with Crippen LogP contribution in [0.15, 0.2) is 47.4 Å². The van der Waals surface area contributed by atoms with Crippen LogP contribution in [0.3, 0.4) is 0 Å². The summed E-state index contributed by atoms with van der Waals surface area (Å²) in [5, 5.41) is 5.44. The molecule has 1 fully saturated rings. The van der Waals surface area contributed by atoms with Gasteiger partial charge in [-0.3, -0.25) is 4.79 Å². The number of aromatic nitrogens is 2. The van der Waals surface area contributed by atoms with Gasteiger partial charge in [-0.1, -0.05) is 12.1 Å². The number of nitrogens with one attached hydrogen (secondary N) is 2. The summed E-state index contributed by atoms with van der Waals surface area (Å²) in [6.45, 7) is 4.58. The van der Waals surface area contributed by atoms with Crippen LogP contribution in [0.25, 0.3) is 11.0 Å². The topological polar surface area (TPSA) is 125 Å². The van der Waals surface area contributed by atoms with E-state index in [-0.39, 0.29) is 49.1 Å². The number of carbonyl (C=O) groups excluding carboxylic acids is 2. The summed E-state index contributed by atoms with van der Waals surface area (Å²) in [6.07, 6.45) is 0. The van der Waals surface area contributed by atoms with Crippen LogP contribution in [0.2, 0.25) is 0 Å². The van der Waals surface area contributed by atoms with Crippen LogP contribution in [-0.2, 0) is 10.0 Å². The zero-order valence-electron chi connectivity index (χ0n) is 18.2. The number of rotatable bonds is 5. The summed E-state index contributed by atoms with van der Waals surface area (Å²) >= 11 is 0.973. The van der Waals surface area contributed by atoms with Crippen molar-refractivity contribution in [2.45, 2.75) is 24.8 Å². The summed E-state index contributed by atoms with van der Waals surface area (Å²) in [5.41, 5.74) is 1.84. The molecule has 3 aromatic rings. The monoisotopic (exact) mass is 488 g/mol. The van der Waals surface area contributed by atoms with Gasteiger partial charge in [0.2, 0.25) is 10.0 Å². The minimum atomic E-state index is -3.76. The van der Waals surface area contributed by atoms with Crippen LogP contribution in [0.5, 0.6) is 0 Å². The van der Waals surface area contributed by atoms with Crippen LogP contribution in [0.4, 0.5) is 10.5 Å². The van der Waals surface area contributed by atoms with E-state index in [1.807, 2.05) is 13.8 Å². The first kappa shape index (κ1) is 23.1. The quantitative estimate of drug-likeness (QED) is 0.568. The highest BCUT2D eigenvalue weighted by Crippen LogP contribution is 2.25. The van der Waals surface area contributed by atoms with Crippen LogP contribution in [-0.4, -0.2) is 70.5 Å². The molecular weight excluding hydrogens is 464 g/mol. The molecule has 12 heteroatoms. The summed E-state index contributed by atoms with van der Waals surface area (Å²) in [5.74, 6) is -0.217. The molecule has 2 aromatic carbocycles. The highest BCUT2D eigenvalue weighted by Gasteiger charge is 2.32. The van der Waals surface area contributed by atoms with E-state index in [0.29, 0.717) is 22.3 Å². The second kappa shape index (κ2) is 9.41. The molecule has 0 atom stereocenters. The fraction of sp³-hybridized carbons (Fsp3) is 0.333. The number of anilines is 1. The van der Waals surface area contributed by atoms with Gasteiger partial charge in [0, 0.05) is 43.5 Å². The van der Waals surface area contributed by atoms with E-state index in [0.717, 1.165) is 11.7 Å². The maximum Gasteiger partial charge on any atom is 0.319 e. The van der Waals surface area contributed by atoms with Crippen LogP contribution in [0, 0.1) is 0 Å². The molecule has 1 saturated heterocycles. The van der Waals surface area contributed by atoms with Gasteiger partial charge < -0.3 is 15.5 Å². The molecular formula is C21H24N6O4S2. The molecule has 0 saturated carbocycles. The van der Waals surface area contributed by atoms with Gasteiger partial charge in [-0.25, -0.2) is 13.2 Å². The second-order valence-electron chi connectivity index (χ2n) is 7.92. The summed E-state index contributed by atoms with van der Waals surface area (Å²) in [6, 6.07) is 11.2. The minimum Gasteiger partial charge on any atom is -0.336 e. The number of carbonyl (C=O) groups is 2. The number of piperazine rings is 1. The van der Waals surface area contributed by atoms with Crippen molar-refractivity contribution in [2.75, 3.05) is 31.5 Å². The van der Waals surface area contributed by atoms with E-state index in [9.17, 15) is 18.0 Å². The Bertz CT molecular complexity index is 1280. The Hall–Kier alpha value is -3.09. The molecule has 33 heavy (non-hydrogen) atoms. The first-order chi connectivity index (χ1) is 15.8. The van der Waals surface area contributed by atoms with Gasteiger partial charge in [-0.05, 0) is 44.2 Å².